The monoisotopic (exact) mass is 332 g/mol. The molecular weight excluding hydrogens is 312 g/mol. The van der Waals surface area contributed by atoms with Crippen LogP contribution in [-0.2, 0) is 25.5 Å². The standard InChI is InChI=1S/C17H20N2O5/c1-11-8-18(9-14(24-11)17(22)23)16(21)10-19-13-5-3-2-4-12(13)6-7-15(19)20/h2-5,11,14H,6-10H2,1H3,(H,22,23)/t11-,14?/m1/s1. The Labute approximate surface area is 139 Å². The molecule has 2 aliphatic rings. The molecule has 0 aliphatic carbocycles. The maximum atomic E-state index is 12.6. The minimum atomic E-state index is -1.08. The summed E-state index contributed by atoms with van der Waals surface area (Å²) < 4.78 is 5.32. The van der Waals surface area contributed by atoms with Crippen molar-refractivity contribution in [2.24, 2.45) is 0 Å². The van der Waals surface area contributed by atoms with Gasteiger partial charge in [0.1, 0.15) is 6.54 Å². The summed E-state index contributed by atoms with van der Waals surface area (Å²) >= 11 is 0. The highest BCUT2D eigenvalue weighted by atomic mass is 16.5. The number of benzene rings is 1. The number of anilines is 1. The first-order valence-corrected chi connectivity index (χ1v) is 8.00. The highest BCUT2D eigenvalue weighted by Gasteiger charge is 2.34. The van der Waals surface area contributed by atoms with Gasteiger partial charge >= 0.3 is 5.97 Å². The molecule has 7 nitrogen and oxygen atoms in total. The molecule has 24 heavy (non-hydrogen) atoms. The van der Waals surface area contributed by atoms with E-state index in [9.17, 15) is 14.4 Å². The molecule has 128 valence electrons. The van der Waals surface area contributed by atoms with E-state index in [1.807, 2.05) is 24.3 Å². The van der Waals surface area contributed by atoms with Crippen molar-refractivity contribution in [3.8, 4) is 0 Å². The van der Waals surface area contributed by atoms with Gasteiger partial charge in [-0.25, -0.2) is 4.79 Å². The number of ether oxygens (including phenoxy) is 1. The summed E-state index contributed by atoms with van der Waals surface area (Å²) in [6, 6.07) is 7.54. The van der Waals surface area contributed by atoms with Crippen LogP contribution in [0.15, 0.2) is 24.3 Å². The summed E-state index contributed by atoms with van der Waals surface area (Å²) in [5.74, 6) is -1.43. The van der Waals surface area contributed by atoms with Gasteiger partial charge in [-0.05, 0) is 25.0 Å². The summed E-state index contributed by atoms with van der Waals surface area (Å²) in [5, 5.41) is 9.12. The van der Waals surface area contributed by atoms with Crippen LogP contribution < -0.4 is 4.90 Å². The smallest absolute Gasteiger partial charge is 0.334 e. The van der Waals surface area contributed by atoms with Gasteiger partial charge in [-0.1, -0.05) is 18.2 Å². The highest BCUT2D eigenvalue weighted by Crippen LogP contribution is 2.27. The number of carbonyl (C=O) groups excluding carboxylic acids is 2. The first kappa shape index (κ1) is 16.4. The number of nitrogens with zero attached hydrogens (tertiary/aromatic N) is 2. The summed E-state index contributed by atoms with van der Waals surface area (Å²) in [6.07, 6.45) is -0.327. The second-order valence-electron chi connectivity index (χ2n) is 6.18. The van der Waals surface area contributed by atoms with Crippen LogP contribution in [-0.4, -0.2) is 59.6 Å². The number of hydrogen-bond acceptors (Lipinski definition) is 4. The Kier molecular flexibility index (Phi) is 4.53. The minimum Gasteiger partial charge on any atom is -0.479 e. The Morgan fingerprint density at radius 2 is 2.00 bits per heavy atom. The van der Waals surface area contributed by atoms with E-state index < -0.39 is 12.1 Å². The quantitative estimate of drug-likeness (QED) is 0.879. The van der Waals surface area contributed by atoms with Crippen molar-refractivity contribution in [1.29, 1.82) is 0 Å². The van der Waals surface area contributed by atoms with Crippen LogP contribution in [0, 0.1) is 0 Å². The van der Waals surface area contributed by atoms with Crippen molar-refractivity contribution >= 4 is 23.5 Å². The van der Waals surface area contributed by atoms with E-state index in [-0.39, 0.29) is 31.0 Å². The third kappa shape index (κ3) is 3.26. The second kappa shape index (κ2) is 6.60. The lowest BCUT2D eigenvalue weighted by Crippen LogP contribution is -2.54. The Morgan fingerprint density at radius 1 is 1.25 bits per heavy atom. The topological polar surface area (TPSA) is 87.2 Å². The average molecular weight is 332 g/mol. The van der Waals surface area contributed by atoms with Crippen LogP contribution in [0.3, 0.4) is 0 Å². The number of amides is 2. The summed E-state index contributed by atoms with van der Waals surface area (Å²) in [4.78, 5) is 39.0. The van der Waals surface area contributed by atoms with E-state index >= 15 is 0 Å². The van der Waals surface area contributed by atoms with Crippen molar-refractivity contribution < 1.29 is 24.2 Å². The number of aliphatic carboxylic acids is 1. The molecule has 1 unspecified atom stereocenters. The third-order valence-electron chi connectivity index (χ3n) is 4.37. The number of hydrogen-bond donors (Lipinski definition) is 1. The Bertz CT molecular complexity index is 675. The van der Waals surface area contributed by atoms with E-state index in [4.69, 9.17) is 9.84 Å². The van der Waals surface area contributed by atoms with Gasteiger partial charge in [-0.2, -0.15) is 0 Å². The molecule has 2 atom stereocenters. The highest BCUT2D eigenvalue weighted by molar-refractivity contribution is 6.01. The maximum Gasteiger partial charge on any atom is 0.334 e. The zero-order valence-corrected chi connectivity index (χ0v) is 13.5. The van der Waals surface area contributed by atoms with Crippen LogP contribution >= 0.6 is 0 Å². The van der Waals surface area contributed by atoms with Gasteiger partial charge in [-0.3, -0.25) is 9.59 Å². The van der Waals surface area contributed by atoms with Crippen LogP contribution in [0.1, 0.15) is 18.9 Å². The van der Waals surface area contributed by atoms with Crippen LogP contribution in [0.25, 0.3) is 0 Å². The number of aryl methyl sites for hydroxylation is 1. The number of fused-ring (bicyclic) bond motifs is 1. The SMILES string of the molecule is C[C@@H]1CN(C(=O)CN2C(=O)CCc3ccccc32)CC(C(=O)O)O1. The number of carboxylic acids is 1. The molecule has 0 radical (unpaired) electrons. The van der Waals surface area contributed by atoms with E-state index in [0.717, 1.165) is 11.3 Å². The molecule has 1 saturated heterocycles. The lowest BCUT2D eigenvalue weighted by molar-refractivity contribution is -0.166. The molecule has 1 aromatic carbocycles. The predicted octanol–water partition coefficient (Wildman–Crippen LogP) is 0.666. The molecule has 7 heteroatoms. The molecule has 2 amide bonds. The van der Waals surface area contributed by atoms with Gasteiger partial charge < -0.3 is 19.6 Å². The van der Waals surface area contributed by atoms with Crippen molar-refractivity contribution in [1.82, 2.24) is 4.90 Å². The number of carboxylic acid groups (broad SMARTS) is 1. The van der Waals surface area contributed by atoms with Gasteiger partial charge in [0.05, 0.1) is 12.6 Å². The molecule has 1 N–H and O–H groups in total. The molecular formula is C17H20N2O5. The van der Waals surface area contributed by atoms with Gasteiger partial charge in [-0.15, -0.1) is 0 Å². The van der Waals surface area contributed by atoms with Crippen molar-refractivity contribution in [3.05, 3.63) is 29.8 Å². The zero-order chi connectivity index (χ0) is 17.3. The Balaban J connectivity index is 1.75. The van der Waals surface area contributed by atoms with Crippen LogP contribution in [0.4, 0.5) is 5.69 Å². The molecule has 2 heterocycles. The fraction of sp³-hybridized carbons (Fsp3) is 0.471. The molecule has 3 rings (SSSR count). The van der Waals surface area contributed by atoms with E-state index in [2.05, 4.69) is 0 Å². The summed E-state index contributed by atoms with van der Waals surface area (Å²) in [6.45, 7) is 1.99. The van der Waals surface area contributed by atoms with Gasteiger partial charge in [0.25, 0.3) is 0 Å². The molecule has 0 bridgehead atoms. The van der Waals surface area contributed by atoms with Crippen molar-refractivity contribution in [2.45, 2.75) is 32.0 Å². The number of morpholine rings is 1. The average Bonchev–Trinajstić information content (AvgIpc) is 2.56. The van der Waals surface area contributed by atoms with E-state index in [0.29, 0.717) is 19.4 Å². The predicted molar refractivity (Wildman–Crippen MR) is 85.7 cm³/mol. The number of para-hydroxylation sites is 1. The van der Waals surface area contributed by atoms with E-state index in [1.165, 1.54) is 9.80 Å². The molecule has 0 spiro atoms. The summed E-state index contributed by atoms with van der Waals surface area (Å²) in [7, 11) is 0. The number of carbonyl (C=O) groups is 3. The molecule has 1 aromatic rings. The second-order valence-corrected chi connectivity index (χ2v) is 6.18. The van der Waals surface area contributed by atoms with Gasteiger partial charge in [0.15, 0.2) is 6.10 Å². The van der Waals surface area contributed by atoms with E-state index in [1.54, 1.807) is 6.92 Å². The molecule has 1 fully saturated rings. The van der Waals surface area contributed by atoms with Gasteiger partial charge in [0.2, 0.25) is 11.8 Å². The fourth-order valence-corrected chi connectivity index (χ4v) is 3.20. The van der Waals surface area contributed by atoms with Crippen molar-refractivity contribution in [2.75, 3.05) is 24.5 Å². The molecule has 2 aliphatic heterocycles. The lowest BCUT2D eigenvalue weighted by atomic mass is 10.0. The zero-order valence-electron chi connectivity index (χ0n) is 13.5. The normalized spacial score (nSPS) is 23.8. The maximum absolute atomic E-state index is 12.6. The fourth-order valence-electron chi connectivity index (χ4n) is 3.20. The minimum absolute atomic E-state index is 0.00217. The first-order valence-electron chi connectivity index (χ1n) is 8.00. The van der Waals surface area contributed by atoms with Gasteiger partial charge in [0, 0.05) is 18.7 Å². The first-order chi connectivity index (χ1) is 11.5. The van der Waals surface area contributed by atoms with Crippen LogP contribution in [0.5, 0.6) is 0 Å². The van der Waals surface area contributed by atoms with Crippen LogP contribution in [0.2, 0.25) is 0 Å². The molecule has 0 saturated carbocycles. The number of rotatable bonds is 3. The summed E-state index contributed by atoms with van der Waals surface area (Å²) in [5.41, 5.74) is 1.81. The third-order valence-corrected chi connectivity index (χ3v) is 4.37. The van der Waals surface area contributed by atoms with Crippen molar-refractivity contribution in [3.63, 3.8) is 0 Å². The Hall–Kier alpha value is -2.41. The largest absolute Gasteiger partial charge is 0.479 e. The lowest BCUT2D eigenvalue weighted by Gasteiger charge is -2.37. The Morgan fingerprint density at radius 3 is 2.75 bits per heavy atom. The molecule has 0 aromatic heterocycles.